The SMILES string of the molecule is O=C(CCCOc1ccc2c(c1)CCC2)N1CCNCC1. The molecule has 0 aromatic heterocycles. The zero-order valence-corrected chi connectivity index (χ0v) is 12.6. The van der Waals surface area contributed by atoms with Crippen molar-refractivity contribution in [3.63, 3.8) is 0 Å². The molecule has 1 amide bonds. The number of hydrogen-bond acceptors (Lipinski definition) is 3. The van der Waals surface area contributed by atoms with E-state index >= 15 is 0 Å². The first-order valence-electron chi connectivity index (χ1n) is 8.06. The lowest BCUT2D eigenvalue weighted by Gasteiger charge is -2.27. The second-order valence-corrected chi connectivity index (χ2v) is 5.87. The number of carbonyl (C=O) groups excluding carboxylic acids is 1. The Morgan fingerprint density at radius 1 is 1.19 bits per heavy atom. The molecule has 1 saturated heterocycles. The molecule has 0 atom stereocenters. The molecule has 1 aliphatic heterocycles. The van der Waals surface area contributed by atoms with E-state index in [1.807, 2.05) is 4.90 Å². The molecule has 4 heteroatoms. The number of fused-ring (bicyclic) bond motifs is 1. The molecule has 1 N–H and O–H groups in total. The topological polar surface area (TPSA) is 41.6 Å². The van der Waals surface area contributed by atoms with Crippen LogP contribution in [0.3, 0.4) is 0 Å². The number of ether oxygens (including phenoxy) is 1. The molecular formula is C17H24N2O2. The predicted molar refractivity (Wildman–Crippen MR) is 82.6 cm³/mol. The van der Waals surface area contributed by atoms with Crippen LogP contribution in [0.1, 0.15) is 30.4 Å². The number of aryl methyl sites for hydroxylation is 2. The van der Waals surface area contributed by atoms with E-state index in [0.29, 0.717) is 13.0 Å². The molecule has 2 aliphatic rings. The molecule has 1 heterocycles. The number of nitrogens with zero attached hydrogens (tertiary/aromatic N) is 1. The normalized spacial score (nSPS) is 17.6. The van der Waals surface area contributed by atoms with Crippen LogP contribution in [0, 0.1) is 0 Å². The van der Waals surface area contributed by atoms with Gasteiger partial charge in [0, 0.05) is 32.6 Å². The maximum atomic E-state index is 12.0. The van der Waals surface area contributed by atoms with Crippen molar-refractivity contribution in [3.05, 3.63) is 29.3 Å². The summed E-state index contributed by atoms with van der Waals surface area (Å²) in [6.07, 6.45) is 5.02. The van der Waals surface area contributed by atoms with Gasteiger partial charge in [0.15, 0.2) is 0 Å². The minimum Gasteiger partial charge on any atom is -0.494 e. The quantitative estimate of drug-likeness (QED) is 0.840. The number of benzene rings is 1. The van der Waals surface area contributed by atoms with Gasteiger partial charge in [0.2, 0.25) is 5.91 Å². The van der Waals surface area contributed by atoms with Crippen molar-refractivity contribution in [1.82, 2.24) is 10.2 Å². The van der Waals surface area contributed by atoms with Crippen molar-refractivity contribution >= 4 is 5.91 Å². The molecule has 0 spiro atoms. The summed E-state index contributed by atoms with van der Waals surface area (Å²) in [5.41, 5.74) is 2.90. The lowest BCUT2D eigenvalue weighted by molar-refractivity contribution is -0.132. The van der Waals surface area contributed by atoms with Gasteiger partial charge < -0.3 is 15.0 Å². The molecule has 0 unspecified atom stereocenters. The van der Waals surface area contributed by atoms with Gasteiger partial charge in [0.1, 0.15) is 5.75 Å². The molecule has 21 heavy (non-hydrogen) atoms. The minimum absolute atomic E-state index is 0.258. The number of piperazine rings is 1. The summed E-state index contributed by atoms with van der Waals surface area (Å²) >= 11 is 0. The van der Waals surface area contributed by atoms with Crippen molar-refractivity contribution in [3.8, 4) is 5.75 Å². The summed E-state index contributed by atoms with van der Waals surface area (Å²) in [4.78, 5) is 14.0. The third-order valence-electron chi connectivity index (χ3n) is 4.34. The van der Waals surface area contributed by atoms with Crippen LogP contribution < -0.4 is 10.1 Å². The zero-order chi connectivity index (χ0) is 14.5. The largest absolute Gasteiger partial charge is 0.494 e. The lowest BCUT2D eigenvalue weighted by atomic mass is 10.1. The van der Waals surface area contributed by atoms with E-state index < -0.39 is 0 Å². The maximum absolute atomic E-state index is 12.0. The Bertz CT molecular complexity index is 496. The highest BCUT2D eigenvalue weighted by atomic mass is 16.5. The first-order chi connectivity index (χ1) is 10.3. The Morgan fingerprint density at radius 3 is 2.86 bits per heavy atom. The highest BCUT2D eigenvalue weighted by Gasteiger charge is 2.15. The molecule has 1 aromatic rings. The molecule has 0 radical (unpaired) electrons. The van der Waals surface area contributed by atoms with Crippen LogP contribution in [0.2, 0.25) is 0 Å². The molecule has 114 valence electrons. The molecule has 4 nitrogen and oxygen atoms in total. The second-order valence-electron chi connectivity index (χ2n) is 5.87. The van der Waals surface area contributed by atoms with Crippen molar-refractivity contribution in [2.75, 3.05) is 32.8 Å². The molecule has 1 aromatic carbocycles. The van der Waals surface area contributed by atoms with Crippen LogP contribution in [0.25, 0.3) is 0 Å². The fourth-order valence-electron chi connectivity index (χ4n) is 3.12. The van der Waals surface area contributed by atoms with Crippen LogP contribution >= 0.6 is 0 Å². The highest BCUT2D eigenvalue weighted by Crippen LogP contribution is 2.26. The summed E-state index contributed by atoms with van der Waals surface area (Å²) in [5, 5.41) is 3.26. The molecule has 1 fully saturated rings. The van der Waals surface area contributed by atoms with Gasteiger partial charge in [-0.3, -0.25) is 4.79 Å². The van der Waals surface area contributed by atoms with E-state index in [4.69, 9.17) is 4.74 Å². The summed E-state index contributed by atoms with van der Waals surface area (Å²) in [6, 6.07) is 6.41. The standard InChI is InChI=1S/C17H24N2O2/c20-17(19-10-8-18-9-11-19)5-2-12-21-16-7-6-14-3-1-4-15(14)13-16/h6-7,13,18H,1-5,8-12H2. The van der Waals surface area contributed by atoms with E-state index in [9.17, 15) is 4.79 Å². The molecule has 0 bridgehead atoms. The van der Waals surface area contributed by atoms with E-state index in [2.05, 4.69) is 23.5 Å². The van der Waals surface area contributed by atoms with Gasteiger partial charge in [-0.25, -0.2) is 0 Å². The van der Waals surface area contributed by atoms with Crippen molar-refractivity contribution in [1.29, 1.82) is 0 Å². The van der Waals surface area contributed by atoms with Crippen molar-refractivity contribution in [2.24, 2.45) is 0 Å². The highest BCUT2D eigenvalue weighted by molar-refractivity contribution is 5.76. The van der Waals surface area contributed by atoms with Crippen molar-refractivity contribution in [2.45, 2.75) is 32.1 Å². The maximum Gasteiger partial charge on any atom is 0.222 e. The van der Waals surface area contributed by atoms with Crippen molar-refractivity contribution < 1.29 is 9.53 Å². The van der Waals surface area contributed by atoms with Gasteiger partial charge in [-0.1, -0.05) is 6.07 Å². The number of carbonyl (C=O) groups is 1. The zero-order valence-electron chi connectivity index (χ0n) is 12.6. The lowest BCUT2D eigenvalue weighted by Crippen LogP contribution is -2.46. The molecule has 0 saturated carbocycles. The van der Waals surface area contributed by atoms with Gasteiger partial charge in [-0.2, -0.15) is 0 Å². The van der Waals surface area contributed by atoms with Gasteiger partial charge in [0.25, 0.3) is 0 Å². The second kappa shape index (κ2) is 6.94. The van der Waals surface area contributed by atoms with E-state index in [-0.39, 0.29) is 5.91 Å². The average molecular weight is 288 g/mol. The number of hydrogen-bond donors (Lipinski definition) is 1. The molecule has 3 rings (SSSR count). The van der Waals surface area contributed by atoms with Crippen LogP contribution in [-0.2, 0) is 17.6 Å². The van der Waals surface area contributed by atoms with E-state index in [1.54, 1.807) is 0 Å². The first kappa shape index (κ1) is 14.4. The fraction of sp³-hybridized carbons (Fsp3) is 0.588. The number of nitrogens with one attached hydrogen (secondary N) is 1. The van der Waals surface area contributed by atoms with Gasteiger partial charge in [-0.05, 0) is 48.9 Å². The number of rotatable bonds is 5. The van der Waals surface area contributed by atoms with Crippen LogP contribution in [0.15, 0.2) is 18.2 Å². The Kier molecular flexibility index (Phi) is 4.76. The average Bonchev–Trinajstić information content (AvgIpc) is 3.00. The molecule has 1 aliphatic carbocycles. The number of amides is 1. The van der Waals surface area contributed by atoms with Gasteiger partial charge in [0.05, 0.1) is 6.61 Å². The third kappa shape index (κ3) is 3.76. The summed E-state index contributed by atoms with van der Waals surface area (Å²) in [5.74, 6) is 1.21. The Balaban J connectivity index is 1.39. The first-order valence-corrected chi connectivity index (χ1v) is 8.06. The van der Waals surface area contributed by atoms with Crippen LogP contribution in [-0.4, -0.2) is 43.6 Å². The Labute approximate surface area is 126 Å². The van der Waals surface area contributed by atoms with Gasteiger partial charge in [-0.15, -0.1) is 0 Å². The Morgan fingerprint density at radius 2 is 2.00 bits per heavy atom. The Hall–Kier alpha value is -1.55. The van der Waals surface area contributed by atoms with E-state index in [1.165, 1.54) is 30.4 Å². The monoisotopic (exact) mass is 288 g/mol. The summed E-state index contributed by atoms with van der Waals surface area (Å²) < 4.78 is 5.79. The summed E-state index contributed by atoms with van der Waals surface area (Å²) in [7, 11) is 0. The van der Waals surface area contributed by atoms with Crippen LogP contribution in [0.4, 0.5) is 0 Å². The third-order valence-corrected chi connectivity index (χ3v) is 4.34. The smallest absolute Gasteiger partial charge is 0.222 e. The predicted octanol–water partition coefficient (Wildman–Crippen LogP) is 1.77. The minimum atomic E-state index is 0.258. The van der Waals surface area contributed by atoms with Crippen LogP contribution in [0.5, 0.6) is 5.75 Å². The van der Waals surface area contributed by atoms with Gasteiger partial charge >= 0.3 is 0 Å². The molecular weight excluding hydrogens is 264 g/mol. The van der Waals surface area contributed by atoms with E-state index in [0.717, 1.165) is 38.3 Å². The fourth-order valence-corrected chi connectivity index (χ4v) is 3.12. The summed E-state index contributed by atoms with van der Waals surface area (Å²) in [6.45, 7) is 4.13.